The molecule has 2 aromatic carbocycles. The highest BCUT2D eigenvalue weighted by molar-refractivity contribution is 6.30. The molecule has 2 aromatic rings. The minimum atomic E-state index is 0.579. The van der Waals surface area contributed by atoms with Gasteiger partial charge in [-0.1, -0.05) is 48.9 Å². The Morgan fingerprint density at radius 3 is 2.56 bits per heavy atom. The summed E-state index contributed by atoms with van der Waals surface area (Å²) in [5.41, 5.74) is 1.34. The number of likely N-dealkylation sites (tertiary alicyclic amines) is 1. The average molecular weight is 387 g/mol. The predicted octanol–water partition coefficient (Wildman–Crippen LogP) is 5.00. The Bertz CT molecular complexity index is 677. The first kappa shape index (κ1) is 20.2. The first-order chi connectivity index (χ1) is 13.1. The SMILES string of the molecule is C[C@@H]1C[C@H](NCCCOc2ccccc2)[C@@H](C)CN1Cc1ccc(Cl)cc1. The molecule has 1 aliphatic rings. The fraction of sp³-hybridized carbons (Fsp3) is 0.478. The third-order valence-electron chi connectivity index (χ3n) is 5.47. The third-order valence-corrected chi connectivity index (χ3v) is 5.72. The lowest BCUT2D eigenvalue weighted by atomic mass is 9.89. The fourth-order valence-electron chi connectivity index (χ4n) is 3.82. The summed E-state index contributed by atoms with van der Waals surface area (Å²) in [5, 5.41) is 4.56. The zero-order valence-electron chi connectivity index (χ0n) is 16.4. The van der Waals surface area contributed by atoms with Crippen molar-refractivity contribution in [3.63, 3.8) is 0 Å². The van der Waals surface area contributed by atoms with Gasteiger partial charge in [0.15, 0.2) is 0 Å². The number of benzene rings is 2. The highest BCUT2D eigenvalue weighted by Crippen LogP contribution is 2.24. The summed E-state index contributed by atoms with van der Waals surface area (Å²) in [6, 6.07) is 19.4. The van der Waals surface area contributed by atoms with Crippen molar-refractivity contribution in [1.29, 1.82) is 0 Å². The van der Waals surface area contributed by atoms with Crippen LogP contribution in [-0.2, 0) is 6.54 Å². The summed E-state index contributed by atoms with van der Waals surface area (Å²) >= 11 is 6.00. The molecule has 0 aromatic heterocycles. The van der Waals surface area contributed by atoms with Crippen molar-refractivity contribution in [3.05, 3.63) is 65.2 Å². The Labute approximate surface area is 168 Å². The van der Waals surface area contributed by atoms with Crippen LogP contribution in [0.4, 0.5) is 0 Å². The summed E-state index contributed by atoms with van der Waals surface area (Å²) < 4.78 is 5.78. The zero-order chi connectivity index (χ0) is 19.1. The van der Waals surface area contributed by atoms with Gasteiger partial charge in [-0.2, -0.15) is 0 Å². The van der Waals surface area contributed by atoms with Gasteiger partial charge in [-0.25, -0.2) is 0 Å². The summed E-state index contributed by atoms with van der Waals surface area (Å²) in [6.45, 7) is 8.60. The molecule has 0 radical (unpaired) electrons. The average Bonchev–Trinajstić information content (AvgIpc) is 2.67. The molecule has 0 unspecified atom stereocenters. The maximum absolute atomic E-state index is 6.00. The van der Waals surface area contributed by atoms with Crippen molar-refractivity contribution in [3.8, 4) is 5.75 Å². The minimum absolute atomic E-state index is 0.579. The Hall–Kier alpha value is -1.55. The number of halogens is 1. The predicted molar refractivity (Wildman–Crippen MR) is 113 cm³/mol. The molecule has 0 aliphatic carbocycles. The van der Waals surface area contributed by atoms with Crippen molar-refractivity contribution in [2.75, 3.05) is 19.7 Å². The van der Waals surface area contributed by atoms with E-state index >= 15 is 0 Å². The number of para-hydroxylation sites is 1. The number of ether oxygens (including phenoxy) is 1. The van der Waals surface area contributed by atoms with Gasteiger partial charge in [0.25, 0.3) is 0 Å². The van der Waals surface area contributed by atoms with Crippen molar-refractivity contribution >= 4 is 11.6 Å². The maximum atomic E-state index is 6.00. The van der Waals surface area contributed by atoms with Gasteiger partial charge in [0.05, 0.1) is 6.61 Å². The minimum Gasteiger partial charge on any atom is -0.494 e. The molecular weight excluding hydrogens is 356 g/mol. The van der Waals surface area contributed by atoms with E-state index in [0.29, 0.717) is 18.0 Å². The van der Waals surface area contributed by atoms with Crippen LogP contribution in [0.1, 0.15) is 32.3 Å². The van der Waals surface area contributed by atoms with Crippen LogP contribution in [0.25, 0.3) is 0 Å². The van der Waals surface area contributed by atoms with Gasteiger partial charge in [-0.15, -0.1) is 0 Å². The van der Waals surface area contributed by atoms with Crippen molar-refractivity contribution in [1.82, 2.24) is 10.2 Å². The number of nitrogens with one attached hydrogen (secondary N) is 1. The molecule has 3 atom stereocenters. The molecule has 3 rings (SSSR count). The van der Waals surface area contributed by atoms with Gasteiger partial charge in [-0.05, 0) is 62.1 Å². The van der Waals surface area contributed by atoms with Crippen molar-refractivity contribution in [2.45, 2.75) is 45.3 Å². The normalized spacial score (nSPS) is 23.3. The number of hydrogen-bond acceptors (Lipinski definition) is 3. The summed E-state index contributed by atoms with van der Waals surface area (Å²) in [4.78, 5) is 2.59. The largest absolute Gasteiger partial charge is 0.494 e. The molecule has 1 heterocycles. The number of rotatable bonds is 8. The van der Waals surface area contributed by atoms with E-state index in [-0.39, 0.29) is 0 Å². The first-order valence-corrected chi connectivity index (χ1v) is 10.4. The fourth-order valence-corrected chi connectivity index (χ4v) is 3.95. The van der Waals surface area contributed by atoms with Crippen LogP contribution in [0.15, 0.2) is 54.6 Å². The monoisotopic (exact) mass is 386 g/mol. The standard InChI is InChI=1S/C23H31ClN2O/c1-18-16-26(17-20-9-11-21(24)12-10-20)19(2)15-23(18)25-13-6-14-27-22-7-4-3-5-8-22/h3-5,7-12,18-19,23,25H,6,13-17H2,1-2H3/t18-,19+,23-/m0/s1. The lowest BCUT2D eigenvalue weighted by Gasteiger charge is -2.42. The second kappa shape index (κ2) is 10.1. The molecule has 1 aliphatic heterocycles. The summed E-state index contributed by atoms with van der Waals surface area (Å²) in [5.74, 6) is 1.60. The Kier molecular flexibility index (Phi) is 7.57. The molecule has 146 valence electrons. The smallest absolute Gasteiger partial charge is 0.119 e. The molecule has 1 fully saturated rings. The van der Waals surface area contributed by atoms with Gasteiger partial charge in [-0.3, -0.25) is 4.90 Å². The van der Waals surface area contributed by atoms with E-state index < -0.39 is 0 Å². The van der Waals surface area contributed by atoms with E-state index in [1.165, 1.54) is 12.0 Å². The van der Waals surface area contributed by atoms with Crippen LogP contribution >= 0.6 is 11.6 Å². The highest BCUT2D eigenvalue weighted by atomic mass is 35.5. The molecule has 0 bridgehead atoms. The molecule has 0 saturated carbocycles. The molecule has 27 heavy (non-hydrogen) atoms. The molecule has 1 N–H and O–H groups in total. The third kappa shape index (κ3) is 6.24. The van der Waals surface area contributed by atoms with E-state index in [0.717, 1.165) is 43.4 Å². The van der Waals surface area contributed by atoms with E-state index in [9.17, 15) is 0 Å². The van der Waals surface area contributed by atoms with Gasteiger partial charge in [0.1, 0.15) is 5.75 Å². The van der Waals surface area contributed by atoms with Gasteiger partial charge < -0.3 is 10.1 Å². The number of hydrogen-bond donors (Lipinski definition) is 1. The molecule has 3 nitrogen and oxygen atoms in total. The van der Waals surface area contributed by atoms with E-state index in [1.807, 2.05) is 42.5 Å². The molecule has 4 heteroatoms. The summed E-state index contributed by atoms with van der Waals surface area (Å²) in [7, 11) is 0. The van der Waals surface area contributed by atoms with E-state index in [1.54, 1.807) is 0 Å². The van der Waals surface area contributed by atoms with E-state index in [4.69, 9.17) is 16.3 Å². The first-order valence-electron chi connectivity index (χ1n) is 10.0. The molecular formula is C23H31ClN2O. The van der Waals surface area contributed by atoms with Crippen LogP contribution < -0.4 is 10.1 Å². The van der Waals surface area contributed by atoms with Crippen LogP contribution in [0.2, 0.25) is 5.02 Å². The second-order valence-corrected chi connectivity index (χ2v) is 8.13. The Morgan fingerprint density at radius 1 is 1.07 bits per heavy atom. The molecule has 0 spiro atoms. The lowest BCUT2D eigenvalue weighted by Crippen LogP contribution is -2.52. The topological polar surface area (TPSA) is 24.5 Å². The number of nitrogens with zero attached hydrogens (tertiary/aromatic N) is 1. The van der Waals surface area contributed by atoms with Crippen molar-refractivity contribution < 1.29 is 4.74 Å². The summed E-state index contributed by atoms with van der Waals surface area (Å²) in [6.07, 6.45) is 2.22. The Morgan fingerprint density at radius 2 is 1.81 bits per heavy atom. The quantitative estimate of drug-likeness (QED) is 0.646. The van der Waals surface area contributed by atoms with Crippen molar-refractivity contribution in [2.24, 2.45) is 5.92 Å². The lowest BCUT2D eigenvalue weighted by molar-refractivity contribution is 0.0881. The van der Waals surface area contributed by atoms with Gasteiger partial charge in [0.2, 0.25) is 0 Å². The molecule has 1 saturated heterocycles. The van der Waals surface area contributed by atoms with Crippen LogP contribution in [0.3, 0.4) is 0 Å². The second-order valence-electron chi connectivity index (χ2n) is 7.69. The zero-order valence-corrected chi connectivity index (χ0v) is 17.2. The highest BCUT2D eigenvalue weighted by Gasteiger charge is 2.30. The van der Waals surface area contributed by atoms with Crippen LogP contribution in [0, 0.1) is 5.92 Å². The van der Waals surface area contributed by atoms with Gasteiger partial charge in [0, 0.05) is 30.2 Å². The Balaban J connectivity index is 1.38. The van der Waals surface area contributed by atoms with Crippen LogP contribution in [0.5, 0.6) is 5.75 Å². The van der Waals surface area contributed by atoms with Gasteiger partial charge >= 0.3 is 0 Å². The van der Waals surface area contributed by atoms with E-state index in [2.05, 4.69) is 36.2 Å². The van der Waals surface area contributed by atoms with Crippen LogP contribution in [-0.4, -0.2) is 36.7 Å². The molecule has 0 amide bonds. The number of piperidine rings is 1. The maximum Gasteiger partial charge on any atom is 0.119 e.